The van der Waals surface area contributed by atoms with E-state index >= 15 is 0 Å². The molecule has 0 radical (unpaired) electrons. The van der Waals surface area contributed by atoms with Gasteiger partial charge < -0.3 is 15.4 Å². The number of nitrogens with one attached hydrogen (secondary N) is 2. The molecule has 0 atom stereocenters. The van der Waals surface area contributed by atoms with E-state index < -0.39 is 0 Å². The van der Waals surface area contributed by atoms with Crippen molar-refractivity contribution >= 4 is 29.1 Å². The second-order valence-electron chi connectivity index (χ2n) is 6.41. The Morgan fingerprint density at radius 3 is 2.41 bits per heavy atom. The molecule has 2 N–H and O–H groups in total. The zero-order valence-corrected chi connectivity index (χ0v) is 16.5. The lowest BCUT2D eigenvalue weighted by Crippen LogP contribution is -2.15. The molecule has 0 fully saturated rings. The SMILES string of the molecule is CCOC(=O)c1ccc(Nc2cnc(C(=O)Nc3cccc(C)c3C)cn2)cc1. The van der Waals surface area contributed by atoms with Crippen LogP contribution in [-0.4, -0.2) is 28.5 Å². The van der Waals surface area contributed by atoms with Crippen LogP contribution in [0.1, 0.15) is 38.9 Å². The van der Waals surface area contributed by atoms with Crippen molar-refractivity contribution in [1.29, 1.82) is 0 Å². The summed E-state index contributed by atoms with van der Waals surface area (Å²) in [6.45, 7) is 6.04. The van der Waals surface area contributed by atoms with Gasteiger partial charge in [0, 0.05) is 11.4 Å². The number of benzene rings is 2. The first-order valence-electron chi connectivity index (χ1n) is 9.21. The third-order valence-corrected chi connectivity index (χ3v) is 4.41. The Morgan fingerprint density at radius 2 is 1.76 bits per heavy atom. The summed E-state index contributed by atoms with van der Waals surface area (Å²) in [4.78, 5) is 32.5. The number of ether oxygens (including phenoxy) is 1. The van der Waals surface area contributed by atoms with Crippen LogP contribution >= 0.6 is 0 Å². The number of hydrogen-bond donors (Lipinski definition) is 2. The zero-order chi connectivity index (χ0) is 20.8. The van der Waals surface area contributed by atoms with E-state index in [1.54, 1.807) is 31.2 Å². The third kappa shape index (κ3) is 4.95. The molecule has 0 aliphatic carbocycles. The number of anilines is 3. The van der Waals surface area contributed by atoms with E-state index in [1.807, 2.05) is 32.0 Å². The van der Waals surface area contributed by atoms with Crippen molar-refractivity contribution in [2.24, 2.45) is 0 Å². The van der Waals surface area contributed by atoms with Crippen molar-refractivity contribution < 1.29 is 14.3 Å². The van der Waals surface area contributed by atoms with Gasteiger partial charge in [0.25, 0.3) is 5.91 Å². The van der Waals surface area contributed by atoms with Crippen LogP contribution in [0.25, 0.3) is 0 Å². The largest absolute Gasteiger partial charge is 0.462 e. The first kappa shape index (κ1) is 20.0. The van der Waals surface area contributed by atoms with E-state index in [0.717, 1.165) is 22.5 Å². The molecule has 3 rings (SSSR count). The summed E-state index contributed by atoms with van der Waals surface area (Å²) in [5.74, 6) is -0.202. The van der Waals surface area contributed by atoms with E-state index in [9.17, 15) is 9.59 Å². The van der Waals surface area contributed by atoms with Crippen LogP contribution in [0, 0.1) is 13.8 Å². The molecule has 0 saturated heterocycles. The van der Waals surface area contributed by atoms with Crippen molar-refractivity contribution in [3.05, 3.63) is 77.2 Å². The van der Waals surface area contributed by atoms with E-state index in [-0.39, 0.29) is 17.6 Å². The van der Waals surface area contributed by atoms with Crippen molar-refractivity contribution in [2.45, 2.75) is 20.8 Å². The van der Waals surface area contributed by atoms with Gasteiger partial charge in [-0.1, -0.05) is 12.1 Å². The van der Waals surface area contributed by atoms with Gasteiger partial charge >= 0.3 is 5.97 Å². The van der Waals surface area contributed by atoms with Gasteiger partial charge in [0.05, 0.1) is 24.6 Å². The first-order chi connectivity index (χ1) is 14.0. The molecule has 0 saturated carbocycles. The fourth-order valence-electron chi connectivity index (χ4n) is 2.63. The average molecular weight is 390 g/mol. The van der Waals surface area contributed by atoms with Gasteiger partial charge in [0.15, 0.2) is 0 Å². The highest BCUT2D eigenvalue weighted by atomic mass is 16.5. The predicted octanol–water partition coefficient (Wildman–Crippen LogP) is 4.27. The van der Waals surface area contributed by atoms with Crippen LogP contribution in [-0.2, 0) is 4.74 Å². The van der Waals surface area contributed by atoms with Crippen molar-refractivity contribution in [1.82, 2.24) is 9.97 Å². The highest BCUT2D eigenvalue weighted by molar-refractivity contribution is 6.03. The van der Waals surface area contributed by atoms with Crippen LogP contribution in [0.3, 0.4) is 0 Å². The summed E-state index contributed by atoms with van der Waals surface area (Å²) in [7, 11) is 0. The Kier molecular flexibility index (Phi) is 6.19. The molecule has 29 heavy (non-hydrogen) atoms. The Bertz CT molecular complexity index is 1020. The standard InChI is InChI=1S/C22H22N4O3/c1-4-29-22(28)16-8-10-17(11-9-16)25-20-13-23-19(12-24-20)21(27)26-18-7-5-6-14(2)15(18)3/h5-13H,4H2,1-3H3,(H,24,25)(H,26,27). The molecule has 0 aliphatic rings. The molecule has 0 bridgehead atoms. The quantitative estimate of drug-likeness (QED) is 0.611. The minimum absolute atomic E-state index is 0.217. The highest BCUT2D eigenvalue weighted by Crippen LogP contribution is 2.19. The second kappa shape index (κ2) is 8.97. The smallest absolute Gasteiger partial charge is 0.338 e. The van der Waals surface area contributed by atoms with Gasteiger partial charge in [-0.25, -0.2) is 14.8 Å². The summed E-state index contributed by atoms with van der Waals surface area (Å²) >= 11 is 0. The van der Waals surface area contributed by atoms with Crippen molar-refractivity contribution in [3.8, 4) is 0 Å². The maximum atomic E-state index is 12.4. The molecule has 7 nitrogen and oxygen atoms in total. The maximum absolute atomic E-state index is 12.4. The van der Waals surface area contributed by atoms with Crippen LogP contribution in [0.5, 0.6) is 0 Å². The minimum atomic E-state index is -0.363. The minimum Gasteiger partial charge on any atom is -0.462 e. The Balaban J connectivity index is 1.64. The number of hydrogen-bond acceptors (Lipinski definition) is 6. The summed E-state index contributed by atoms with van der Waals surface area (Å²) in [6.07, 6.45) is 2.90. The first-order valence-corrected chi connectivity index (χ1v) is 9.21. The summed E-state index contributed by atoms with van der Waals surface area (Å²) in [5.41, 5.74) is 4.29. The van der Waals surface area contributed by atoms with E-state index in [2.05, 4.69) is 20.6 Å². The Morgan fingerprint density at radius 1 is 1.00 bits per heavy atom. The fourth-order valence-corrected chi connectivity index (χ4v) is 2.63. The second-order valence-corrected chi connectivity index (χ2v) is 6.41. The van der Waals surface area contributed by atoms with Gasteiger partial charge in [0.2, 0.25) is 0 Å². The Labute approximate surface area is 169 Å². The Hall–Kier alpha value is -3.74. The van der Waals surface area contributed by atoms with Crippen LogP contribution in [0.15, 0.2) is 54.9 Å². The topological polar surface area (TPSA) is 93.2 Å². The molecule has 0 spiro atoms. The van der Waals surface area contributed by atoms with Gasteiger partial charge in [-0.2, -0.15) is 0 Å². The lowest BCUT2D eigenvalue weighted by Gasteiger charge is -2.10. The molecule has 7 heteroatoms. The van der Waals surface area contributed by atoms with E-state index in [1.165, 1.54) is 12.4 Å². The number of rotatable bonds is 6. The number of nitrogens with zero attached hydrogens (tertiary/aromatic N) is 2. The summed E-state index contributed by atoms with van der Waals surface area (Å²) in [6, 6.07) is 12.6. The van der Waals surface area contributed by atoms with E-state index in [0.29, 0.717) is 18.0 Å². The molecule has 2 aromatic carbocycles. The number of amides is 1. The number of aromatic nitrogens is 2. The molecule has 0 unspecified atom stereocenters. The predicted molar refractivity (Wildman–Crippen MR) is 112 cm³/mol. The molecule has 0 aliphatic heterocycles. The van der Waals surface area contributed by atoms with E-state index in [4.69, 9.17) is 4.74 Å². The number of carbonyl (C=O) groups excluding carboxylic acids is 2. The molecular formula is C22H22N4O3. The van der Waals surface area contributed by atoms with Crippen LogP contribution in [0.2, 0.25) is 0 Å². The third-order valence-electron chi connectivity index (χ3n) is 4.41. The molecular weight excluding hydrogens is 368 g/mol. The number of aryl methyl sites for hydroxylation is 1. The molecule has 1 heterocycles. The van der Waals surface area contributed by atoms with Gasteiger partial charge in [0.1, 0.15) is 11.5 Å². The lowest BCUT2D eigenvalue weighted by atomic mass is 10.1. The van der Waals surface area contributed by atoms with Crippen molar-refractivity contribution in [2.75, 3.05) is 17.2 Å². The average Bonchev–Trinajstić information content (AvgIpc) is 2.72. The number of carbonyl (C=O) groups is 2. The summed E-state index contributed by atoms with van der Waals surface area (Å²) in [5, 5.41) is 5.93. The monoisotopic (exact) mass is 390 g/mol. The normalized spacial score (nSPS) is 10.3. The summed E-state index contributed by atoms with van der Waals surface area (Å²) < 4.78 is 4.96. The highest BCUT2D eigenvalue weighted by Gasteiger charge is 2.11. The van der Waals surface area contributed by atoms with Gasteiger partial charge in [-0.3, -0.25) is 4.79 Å². The fraction of sp³-hybridized carbons (Fsp3) is 0.182. The van der Waals surface area contributed by atoms with Crippen LogP contribution < -0.4 is 10.6 Å². The molecule has 1 amide bonds. The van der Waals surface area contributed by atoms with Gasteiger partial charge in [-0.05, 0) is 62.2 Å². The van der Waals surface area contributed by atoms with Crippen LogP contribution in [0.4, 0.5) is 17.2 Å². The zero-order valence-electron chi connectivity index (χ0n) is 16.5. The molecule has 148 valence electrons. The van der Waals surface area contributed by atoms with Gasteiger partial charge in [-0.15, -0.1) is 0 Å². The molecule has 1 aromatic heterocycles. The maximum Gasteiger partial charge on any atom is 0.338 e. The number of esters is 1. The molecule has 3 aromatic rings. The lowest BCUT2D eigenvalue weighted by molar-refractivity contribution is 0.0526. The van der Waals surface area contributed by atoms with Crippen molar-refractivity contribution in [3.63, 3.8) is 0 Å².